The van der Waals surface area contributed by atoms with Gasteiger partial charge in [-0.2, -0.15) is 0 Å². The van der Waals surface area contributed by atoms with Crippen LogP contribution in [0.2, 0.25) is 0 Å². The molecule has 2 aliphatic carbocycles. The molecule has 0 radical (unpaired) electrons. The minimum Gasteiger partial charge on any atom is -0.393 e. The maximum atomic E-state index is 9.60. The van der Waals surface area contributed by atoms with E-state index in [1.807, 2.05) is 11.3 Å². The lowest BCUT2D eigenvalue weighted by Gasteiger charge is -2.35. The molecule has 17 heavy (non-hydrogen) atoms. The van der Waals surface area contributed by atoms with Crippen molar-refractivity contribution in [1.82, 2.24) is 4.90 Å². The van der Waals surface area contributed by atoms with Gasteiger partial charge in [-0.3, -0.25) is 4.90 Å². The highest BCUT2D eigenvalue weighted by atomic mass is 32.1. The fourth-order valence-electron chi connectivity index (χ4n) is 2.93. The van der Waals surface area contributed by atoms with Gasteiger partial charge in [0.05, 0.1) is 6.10 Å². The van der Waals surface area contributed by atoms with Crippen LogP contribution < -0.4 is 0 Å². The Morgan fingerprint density at radius 3 is 2.29 bits per heavy atom. The SMILES string of the molecule is OC1CCC(N(Cc2cccs2)C2CC2)CC1. The van der Waals surface area contributed by atoms with E-state index in [1.165, 1.54) is 30.6 Å². The van der Waals surface area contributed by atoms with E-state index in [0.717, 1.165) is 25.4 Å². The summed E-state index contributed by atoms with van der Waals surface area (Å²) in [5, 5.41) is 11.8. The highest BCUT2D eigenvalue weighted by Crippen LogP contribution is 2.35. The number of hydrogen-bond acceptors (Lipinski definition) is 3. The van der Waals surface area contributed by atoms with Gasteiger partial charge in [-0.15, -0.1) is 11.3 Å². The van der Waals surface area contributed by atoms with Crippen LogP contribution >= 0.6 is 11.3 Å². The van der Waals surface area contributed by atoms with Crippen LogP contribution in [-0.2, 0) is 6.54 Å². The molecule has 2 nitrogen and oxygen atoms in total. The van der Waals surface area contributed by atoms with Crippen LogP contribution in [0.1, 0.15) is 43.4 Å². The summed E-state index contributed by atoms with van der Waals surface area (Å²) in [5.74, 6) is 0. The third-order valence-electron chi connectivity index (χ3n) is 4.07. The Morgan fingerprint density at radius 2 is 1.76 bits per heavy atom. The third-order valence-corrected chi connectivity index (χ3v) is 4.93. The van der Waals surface area contributed by atoms with E-state index in [9.17, 15) is 5.11 Å². The smallest absolute Gasteiger partial charge is 0.0541 e. The molecule has 1 N–H and O–H groups in total. The van der Waals surface area contributed by atoms with Crippen molar-refractivity contribution in [2.24, 2.45) is 0 Å². The predicted molar refractivity (Wildman–Crippen MR) is 71.1 cm³/mol. The van der Waals surface area contributed by atoms with E-state index in [1.54, 1.807) is 0 Å². The Labute approximate surface area is 107 Å². The topological polar surface area (TPSA) is 23.5 Å². The van der Waals surface area contributed by atoms with E-state index >= 15 is 0 Å². The molecule has 0 bridgehead atoms. The lowest BCUT2D eigenvalue weighted by Crippen LogP contribution is -2.39. The van der Waals surface area contributed by atoms with Crippen molar-refractivity contribution in [3.8, 4) is 0 Å². The lowest BCUT2D eigenvalue weighted by atomic mass is 9.92. The minimum absolute atomic E-state index is 0.0333. The molecular weight excluding hydrogens is 230 g/mol. The van der Waals surface area contributed by atoms with Crippen molar-refractivity contribution in [3.05, 3.63) is 22.4 Å². The lowest BCUT2D eigenvalue weighted by molar-refractivity contribution is 0.0668. The molecule has 0 aromatic carbocycles. The normalized spacial score (nSPS) is 29.8. The molecule has 0 amide bonds. The molecule has 0 saturated heterocycles. The molecule has 0 spiro atoms. The van der Waals surface area contributed by atoms with Gasteiger partial charge < -0.3 is 5.11 Å². The third kappa shape index (κ3) is 2.90. The summed E-state index contributed by atoms with van der Waals surface area (Å²) in [6.45, 7) is 1.13. The zero-order chi connectivity index (χ0) is 11.7. The summed E-state index contributed by atoms with van der Waals surface area (Å²) >= 11 is 1.87. The van der Waals surface area contributed by atoms with Crippen LogP contribution in [0, 0.1) is 0 Å². The van der Waals surface area contributed by atoms with E-state index in [-0.39, 0.29) is 6.10 Å². The van der Waals surface area contributed by atoms with Gasteiger partial charge in [0.1, 0.15) is 0 Å². The summed E-state index contributed by atoms with van der Waals surface area (Å²) in [5.41, 5.74) is 0. The van der Waals surface area contributed by atoms with Gasteiger partial charge in [0.15, 0.2) is 0 Å². The Morgan fingerprint density at radius 1 is 1.12 bits per heavy atom. The van der Waals surface area contributed by atoms with Gasteiger partial charge in [0, 0.05) is 23.5 Å². The van der Waals surface area contributed by atoms with Crippen LogP contribution in [0.15, 0.2) is 17.5 Å². The minimum atomic E-state index is -0.0333. The molecule has 3 heteroatoms. The van der Waals surface area contributed by atoms with Crippen LogP contribution in [0.25, 0.3) is 0 Å². The molecule has 0 atom stereocenters. The highest BCUT2D eigenvalue weighted by molar-refractivity contribution is 7.09. The maximum Gasteiger partial charge on any atom is 0.0541 e. The van der Waals surface area contributed by atoms with E-state index in [0.29, 0.717) is 6.04 Å². The van der Waals surface area contributed by atoms with Crippen molar-refractivity contribution in [1.29, 1.82) is 0 Å². The Bertz CT molecular complexity index is 339. The molecular formula is C14H21NOS. The first-order chi connectivity index (χ1) is 8.33. The number of nitrogens with zero attached hydrogens (tertiary/aromatic N) is 1. The molecule has 0 unspecified atom stereocenters. The zero-order valence-electron chi connectivity index (χ0n) is 10.2. The summed E-state index contributed by atoms with van der Waals surface area (Å²) in [4.78, 5) is 4.19. The van der Waals surface area contributed by atoms with Gasteiger partial charge in [0.2, 0.25) is 0 Å². The number of aliphatic hydroxyl groups excluding tert-OH is 1. The van der Waals surface area contributed by atoms with Gasteiger partial charge >= 0.3 is 0 Å². The molecule has 1 aromatic heterocycles. The zero-order valence-corrected chi connectivity index (χ0v) is 11.0. The van der Waals surface area contributed by atoms with Crippen LogP contribution in [0.4, 0.5) is 0 Å². The Hall–Kier alpha value is -0.380. The van der Waals surface area contributed by atoms with Crippen LogP contribution in [0.3, 0.4) is 0 Å². The standard InChI is InChI=1S/C14H21NOS/c16-13-7-5-12(6-8-13)15(11-3-4-11)10-14-2-1-9-17-14/h1-2,9,11-13,16H,3-8,10H2. The highest BCUT2D eigenvalue weighted by Gasteiger charge is 2.35. The monoisotopic (exact) mass is 251 g/mol. The number of rotatable bonds is 4. The molecule has 2 fully saturated rings. The average molecular weight is 251 g/mol. The van der Waals surface area contributed by atoms with Crippen molar-refractivity contribution in [2.45, 2.75) is 63.3 Å². The van der Waals surface area contributed by atoms with Crippen molar-refractivity contribution in [2.75, 3.05) is 0 Å². The predicted octanol–water partition coefficient (Wildman–Crippen LogP) is 3.02. The average Bonchev–Trinajstić information content (AvgIpc) is 3.05. The van der Waals surface area contributed by atoms with Crippen molar-refractivity contribution < 1.29 is 5.11 Å². The summed E-state index contributed by atoms with van der Waals surface area (Å²) < 4.78 is 0. The second-order valence-electron chi connectivity index (χ2n) is 5.45. The summed E-state index contributed by atoms with van der Waals surface area (Å²) in [6.07, 6.45) is 7.09. The largest absolute Gasteiger partial charge is 0.393 e. The molecule has 2 aliphatic rings. The molecule has 1 heterocycles. The van der Waals surface area contributed by atoms with Gasteiger partial charge in [0.25, 0.3) is 0 Å². The van der Waals surface area contributed by atoms with E-state index in [4.69, 9.17) is 0 Å². The summed E-state index contributed by atoms with van der Waals surface area (Å²) in [7, 11) is 0. The van der Waals surface area contributed by atoms with Gasteiger partial charge in [-0.1, -0.05) is 6.07 Å². The molecule has 3 rings (SSSR count). The number of thiophene rings is 1. The van der Waals surface area contributed by atoms with E-state index < -0.39 is 0 Å². The Balaban J connectivity index is 1.63. The van der Waals surface area contributed by atoms with E-state index in [2.05, 4.69) is 22.4 Å². The van der Waals surface area contributed by atoms with Crippen LogP contribution in [-0.4, -0.2) is 28.2 Å². The molecule has 1 aromatic rings. The second kappa shape index (κ2) is 5.09. The Kier molecular flexibility index (Phi) is 3.50. The van der Waals surface area contributed by atoms with Gasteiger partial charge in [-0.05, 0) is 50.0 Å². The fourth-order valence-corrected chi connectivity index (χ4v) is 3.65. The molecule has 94 valence electrons. The molecule has 0 aliphatic heterocycles. The van der Waals surface area contributed by atoms with Crippen molar-refractivity contribution >= 4 is 11.3 Å². The maximum absolute atomic E-state index is 9.60. The first-order valence-electron chi connectivity index (χ1n) is 6.79. The quantitative estimate of drug-likeness (QED) is 0.889. The number of aliphatic hydroxyl groups is 1. The summed E-state index contributed by atoms with van der Waals surface area (Å²) in [6, 6.07) is 5.94. The van der Waals surface area contributed by atoms with Crippen molar-refractivity contribution in [3.63, 3.8) is 0 Å². The van der Waals surface area contributed by atoms with Crippen LogP contribution in [0.5, 0.6) is 0 Å². The fraction of sp³-hybridized carbons (Fsp3) is 0.714. The van der Waals surface area contributed by atoms with Gasteiger partial charge in [-0.25, -0.2) is 0 Å². The first-order valence-corrected chi connectivity index (χ1v) is 7.67. The number of hydrogen-bond donors (Lipinski definition) is 1. The second-order valence-corrected chi connectivity index (χ2v) is 6.48. The molecule has 2 saturated carbocycles. The first kappa shape index (κ1) is 11.7.